The van der Waals surface area contributed by atoms with Crippen molar-refractivity contribution in [3.8, 4) is 12.3 Å². The lowest BCUT2D eigenvalue weighted by Crippen LogP contribution is -2.29. The molecule has 15 heavy (non-hydrogen) atoms. The van der Waals surface area contributed by atoms with E-state index in [1.807, 2.05) is 12.3 Å². The topological polar surface area (TPSA) is 50.9 Å². The van der Waals surface area contributed by atoms with Gasteiger partial charge in [0.15, 0.2) is 0 Å². The first kappa shape index (κ1) is 11.7. The van der Waals surface area contributed by atoms with Gasteiger partial charge in [0.2, 0.25) is 0 Å². The van der Waals surface area contributed by atoms with Crippen LogP contribution in [0.3, 0.4) is 0 Å². The van der Waals surface area contributed by atoms with Gasteiger partial charge in [0, 0.05) is 37.9 Å². The van der Waals surface area contributed by atoms with E-state index in [1.54, 1.807) is 6.20 Å². The molecule has 0 aliphatic heterocycles. The lowest BCUT2D eigenvalue weighted by Gasteiger charge is -2.18. The number of nitrogens with two attached hydrogens (primary N) is 1. The summed E-state index contributed by atoms with van der Waals surface area (Å²) in [5.41, 5.74) is 8.07. The second-order valence-corrected chi connectivity index (χ2v) is 3.43. The van der Waals surface area contributed by atoms with E-state index in [0.29, 0.717) is 6.54 Å². The molecule has 0 aliphatic carbocycles. The fourth-order valence-electron chi connectivity index (χ4n) is 1.48. The van der Waals surface area contributed by atoms with Gasteiger partial charge in [0.1, 0.15) is 0 Å². The van der Waals surface area contributed by atoms with Crippen molar-refractivity contribution in [1.29, 1.82) is 0 Å². The maximum absolute atomic E-state index is 5.71. The summed E-state index contributed by atoms with van der Waals surface area (Å²) in [4.78, 5) is 4.11. The Morgan fingerprint density at radius 1 is 1.67 bits per heavy atom. The van der Waals surface area contributed by atoms with Crippen molar-refractivity contribution >= 4 is 0 Å². The Morgan fingerprint density at radius 3 is 3.07 bits per heavy atom. The third kappa shape index (κ3) is 3.35. The third-order valence-electron chi connectivity index (χ3n) is 2.35. The van der Waals surface area contributed by atoms with E-state index in [1.165, 1.54) is 5.56 Å². The monoisotopic (exact) mass is 203 g/mol. The predicted octanol–water partition coefficient (Wildman–Crippen LogP) is 1.00. The van der Waals surface area contributed by atoms with Gasteiger partial charge in [0.25, 0.3) is 0 Å². The average Bonchev–Trinajstić information content (AvgIpc) is 2.26. The SMILES string of the molecule is C#CCCNC(CN)c1cnccc1C. The summed E-state index contributed by atoms with van der Waals surface area (Å²) >= 11 is 0. The lowest BCUT2D eigenvalue weighted by atomic mass is 10.0. The van der Waals surface area contributed by atoms with Crippen LogP contribution < -0.4 is 11.1 Å². The second-order valence-electron chi connectivity index (χ2n) is 3.43. The molecule has 0 radical (unpaired) electrons. The molecule has 1 aromatic heterocycles. The molecule has 1 unspecified atom stereocenters. The number of nitrogens with one attached hydrogen (secondary N) is 1. The molecular formula is C12H17N3. The molecule has 0 spiro atoms. The fraction of sp³-hybridized carbons (Fsp3) is 0.417. The van der Waals surface area contributed by atoms with Crippen molar-refractivity contribution in [1.82, 2.24) is 10.3 Å². The maximum Gasteiger partial charge on any atom is 0.0462 e. The van der Waals surface area contributed by atoms with Crippen LogP contribution in [0.25, 0.3) is 0 Å². The first-order valence-corrected chi connectivity index (χ1v) is 5.07. The Kier molecular flexibility index (Phi) is 4.82. The molecule has 3 nitrogen and oxygen atoms in total. The highest BCUT2D eigenvalue weighted by atomic mass is 14.9. The van der Waals surface area contributed by atoms with E-state index >= 15 is 0 Å². The van der Waals surface area contributed by atoms with Crippen LogP contribution in [-0.4, -0.2) is 18.1 Å². The van der Waals surface area contributed by atoms with Crippen LogP contribution >= 0.6 is 0 Å². The van der Waals surface area contributed by atoms with Crippen molar-refractivity contribution in [3.05, 3.63) is 29.6 Å². The molecule has 0 amide bonds. The summed E-state index contributed by atoms with van der Waals surface area (Å²) < 4.78 is 0. The maximum atomic E-state index is 5.71. The molecule has 1 aromatic rings. The molecule has 0 saturated carbocycles. The summed E-state index contributed by atoms with van der Waals surface area (Å²) in [6.45, 7) is 3.40. The molecule has 1 rings (SSSR count). The standard InChI is InChI=1S/C12H17N3/c1-3-4-6-15-12(8-13)11-9-14-7-5-10(11)2/h1,5,7,9,12,15H,4,6,8,13H2,2H3. The Hall–Kier alpha value is -1.37. The minimum absolute atomic E-state index is 0.145. The lowest BCUT2D eigenvalue weighted by molar-refractivity contribution is 0.547. The van der Waals surface area contributed by atoms with Crippen molar-refractivity contribution < 1.29 is 0 Å². The van der Waals surface area contributed by atoms with Gasteiger partial charge in [-0.25, -0.2) is 0 Å². The molecule has 1 heterocycles. The normalized spacial score (nSPS) is 12.1. The first-order chi connectivity index (χ1) is 7.29. The molecule has 0 aliphatic rings. The number of aromatic nitrogens is 1. The minimum atomic E-state index is 0.145. The molecule has 0 bridgehead atoms. The summed E-state index contributed by atoms with van der Waals surface area (Å²) in [5.74, 6) is 2.59. The number of pyridine rings is 1. The van der Waals surface area contributed by atoms with Crippen molar-refractivity contribution in [3.63, 3.8) is 0 Å². The van der Waals surface area contributed by atoms with E-state index in [2.05, 4.69) is 23.1 Å². The molecule has 3 heteroatoms. The van der Waals surface area contributed by atoms with Gasteiger partial charge >= 0.3 is 0 Å². The Labute approximate surface area is 91.1 Å². The Balaban J connectivity index is 2.66. The predicted molar refractivity (Wildman–Crippen MR) is 62.2 cm³/mol. The summed E-state index contributed by atoms with van der Waals surface area (Å²) in [5, 5.41) is 3.32. The largest absolute Gasteiger partial charge is 0.329 e. The van der Waals surface area contributed by atoms with Gasteiger partial charge in [-0.2, -0.15) is 0 Å². The Bertz CT molecular complexity index is 341. The number of aryl methyl sites for hydroxylation is 1. The van der Waals surface area contributed by atoms with Crippen LogP contribution in [0, 0.1) is 19.3 Å². The van der Waals surface area contributed by atoms with Gasteiger partial charge in [-0.3, -0.25) is 4.98 Å². The molecule has 1 atom stereocenters. The smallest absolute Gasteiger partial charge is 0.0462 e. The highest BCUT2D eigenvalue weighted by Crippen LogP contribution is 2.14. The van der Waals surface area contributed by atoms with Gasteiger partial charge < -0.3 is 11.1 Å². The van der Waals surface area contributed by atoms with Gasteiger partial charge in [0.05, 0.1) is 0 Å². The number of hydrogen-bond donors (Lipinski definition) is 2. The zero-order valence-corrected chi connectivity index (χ0v) is 9.03. The van der Waals surface area contributed by atoms with Crippen LogP contribution in [0.1, 0.15) is 23.6 Å². The van der Waals surface area contributed by atoms with Crippen molar-refractivity contribution in [2.45, 2.75) is 19.4 Å². The number of rotatable bonds is 5. The molecule has 0 saturated heterocycles. The van der Waals surface area contributed by atoms with Gasteiger partial charge in [-0.1, -0.05) is 0 Å². The van der Waals surface area contributed by atoms with E-state index in [-0.39, 0.29) is 6.04 Å². The molecular weight excluding hydrogens is 186 g/mol. The molecule has 80 valence electrons. The van der Waals surface area contributed by atoms with Crippen LogP contribution in [0.15, 0.2) is 18.5 Å². The number of terminal acetylenes is 1. The zero-order chi connectivity index (χ0) is 11.1. The van der Waals surface area contributed by atoms with E-state index in [9.17, 15) is 0 Å². The second kappa shape index (κ2) is 6.18. The minimum Gasteiger partial charge on any atom is -0.329 e. The number of hydrogen-bond acceptors (Lipinski definition) is 3. The van der Waals surface area contributed by atoms with E-state index in [0.717, 1.165) is 18.5 Å². The molecule has 0 aromatic carbocycles. The third-order valence-corrected chi connectivity index (χ3v) is 2.35. The summed E-state index contributed by atoms with van der Waals surface area (Å²) in [7, 11) is 0. The Morgan fingerprint density at radius 2 is 2.47 bits per heavy atom. The molecule has 3 N–H and O–H groups in total. The highest BCUT2D eigenvalue weighted by molar-refractivity contribution is 5.25. The fourth-order valence-corrected chi connectivity index (χ4v) is 1.48. The van der Waals surface area contributed by atoms with Crippen molar-refractivity contribution in [2.75, 3.05) is 13.1 Å². The van der Waals surface area contributed by atoms with Crippen LogP contribution in [0.2, 0.25) is 0 Å². The van der Waals surface area contributed by atoms with E-state index in [4.69, 9.17) is 12.2 Å². The van der Waals surface area contributed by atoms with Crippen LogP contribution in [0.5, 0.6) is 0 Å². The number of nitrogens with zero attached hydrogens (tertiary/aromatic N) is 1. The quantitative estimate of drug-likeness (QED) is 0.554. The van der Waals surface area contributed by atoms with E-state index < -0.39 is 0 Å². The zero-order valence-electron chi connectivity index (χ0n) is 9.03. The van der Waals surface area contributed by atoms with Crippen LogP contribution in [-0.2, 0) is 0 Å². The average molecular weight is 203 g/mol. The first-order valence-electron chi connectivity index (χ1n) is 5.07. The van der Waals surface area contributed by atoms with Gasteiger partial charge in [-0.05, 0) is 24.1 Å². The van der Waals surface area contributed by atoms with Gasteiger partial charge in [-0.15, -0.1) is 12.3 Å². The highest BCUT2D eigenvalue weighted by Gasteiger charge is 2.10. The van der Waals surface area contributed by atoms with Crippen LogP contribution in [0.4, 0.5) is 0 Å². The summed E-state index contributed by atoms with van der Waals surface area (Å²) in [6.07, 6.45) is 9.55. The summed E-state index contributed by atoms with van der Waals surface area (Å²) in [6, 6.07) is 2.13. The van der Waals surface area contributed by atoms with Crippen molar-refractivity contribution in [2.24, 2.45) is 5.73 Å². The molecule has 0 fully saturated rings.